The van der Waals surface area contributed by atoms with E-state index in [0.29, 0.717) is 19.4 Å². The van der Waals surface area contributed by atoms with E-state index in [9.17, 15) is 14.8 Å². The molecule has 3 N–H and O–H groups in total. The summed E-state index contributed by atoms with van der Waals surface area (Å²) in [7, 11) is 0. The Morgan fingerprint density at radius 2 is 1.57 bits per heavy atom. The molecule has 2 saturated carbocycles. The molecule has 1 heterocycles. The number of primary amides is 1. The quantitative estimate of drug-likeness (QED) is 0.499. The summed E-state index contributed by atoms with van der Waals surface area (Å²) in [5.74, 6) is -1.08. The van der Waals surface area contributed by atoms with Crippen LogP contribution in [-0.2, 0) is 9.59 Å². The van der Waals surface area contributed by atoms with Crippen LogP contribution in [-0.4, -0.2) is 44.7 Å². The molecule has 3 aliphatic rings. The van der Waals surface area contributed by atoms with Crippen LogP contribution >= 0.6 is 0 Å². The van der Waals surface area contributed by atoms with E-state index in [4.69, 9.17) is 5.73 Å². The number of carbonyl (C=O) groups excluding carboxylic acids is 2. The Morgan fingerprint density at radius 1 is 0.967 bits per heavy atom. The molecule has 0 bridgehead atoms. The minimum atomic E-state index is -1.14. The maximum Gasteiger partial charge on any atom is 0.247 e. The Labute approximate surface area is 182 Å². The van der Waals surface area contributed by atoms with Gasteiger partial charge in [0.2, 0.25) is 11.8 Å². The van der Waals surface area contributed by atoms with Gasteiger partial charge in [-0.15, -0.1) is 0 Å². The summed E-state index contributed by atoms with van der Waals surface area (Å²) in [6.07, 6.45) is 17.4. The van der Waals surface area contributed by atoms with Crippen LogP contribution in [0.2, 0.25) is 0 Å². The Morgan fingerprint density at radius 3 is 2.20 bits per heavy atom. The number of nitrogens with two attached hydrogens (primary N) is 1. The molecule has 0 radical (unpaired) electrons. The molecular weight excluding hydrogens is 378 g/mol. The number of rotatable bonds is 10. The topological polar surface area (TPSA) is 86.9 Å². The second kappa shape index (κ2) is 10.4. The van der Waals surface area contributed by atoms with Gasteiger partial charge in [0.25, 0.3) is 0 Å². The summed E-state index contributed by atoms with van der Waals surface area (Å²) in [4.78, 5) is 28.1. The molecule has 6 nitrogen and oxygen atoms in total. The fourth-order valence-corrected chi connectivity index (χ4v) is 6.36. The van der Waals surface area contributed by atoms with Crippen molar-refractivity contribution >= 4 is 11.8 Å². The van der Waals surface area contributed by atoms with Crippen LogP contribution < -0.4 is 5.73 Å². The molecule has 0 aromatic carbocycles. The average Bonchev–Trinajstić information content (AvgIpc) is 2.91. The molecule has 1 aliphatic heterocycles. The van der Waals surface area contributed by atoms with Crippen LogP contribution in [0.1, 0.15) is 116 Å². The summed E-state index contributed by atoms with van der Waals surface area (Å²) in [5.41, 5.74) is 3.98. The van der Waals surface area contributed by atoms with Gasteiger partial charge in [0.15, 0.2) is 0 Å². The predicted octanol–water partition coefficient (Wildman–Crippen LogP) is 4.74. The van der Waals surface area contributed by atoms with E-state index < -0.39 is 23.0 Å². The lowest BCUT2D eigenvalue weighted by molar-refractivity contribution is -0.253. The fourth-order valence-electron chi connectivity index (χ4n) is 6.36. The molecule has 6 heteroatoms. The van der Waals surface area contributed by atoms with Crippen molar-refractivity contribution in [2.75, 3.05) is 6.54 Å². The zero-order valence-corrected chi connectivity index (χ0v) is 19.0. The largest absolute Gasteiger partial charge is 0.369 e. The van der Waals surface area contributed by atoms with Gasteiger partial charge in [-0.05, 0) is 44.9 Å². The third-order valence-corrected chi connectivity index (χ3v) is 8.00. The molecule has 172 valence electrons. The summed E-state index contributed by atoms with van der Waals surface area (Å²) in [6.45, 7) is 2.92. The second-order valence-corrected chi connectivity index (χ2v) is 9.91. The van der Waals surface area contributed by atoms with E-state index in [1.165, 1.54) is 43.6 Å². The zero-order valence-electron chi connectivity index (χ0n) is 19.0. The molecular formula is C24H43N3O3. The number of hydroxylamine groups is 2. The summed E-state index contributed by atoms with van der Waals surface area (Å²) >= 11 is 0. The van der Waals surface area contributed by atoms with Gasteiger partial charge >= 0.3 is 0 Å². The number of amides is 2. The first-order valence-electron chi connectivity index (χ1n) is 12.6. The number of nitrogens with zero attached hydrogens (tertiary/aromatic N) is 2. The van der Waals surface area contributed by atoms with Crippen molar-refractivity contribution in [1.29, 1.82) is 0 Å². The highest BCUT2D eigenvalue weighted by Gasteiger charge is 2.68. The monoisotopic (exact) mass is 421 g/mol. The van der Waals surface area contributed by atoms with Gasteiger partial charge in [-0.2, -0.15) is 5.06 Å². The minimum absolute atomic E-state index is 0.0432. The smallest absolute Gasteiger partial charge is 0.247 e. The Balaban J connectivity index is 1.71. The first-order chi connectivity index (χ1) is 14.5. The molecule has 2 spiro atoms. The summed E-state index contributed by atoms with van der Waals surface area (Å²) < 4.78 is 0. The molecule has 2 amide bonds. The molecule has 3 fully saturated rings. The number of unbranched alkanes of at least 4 members (excludes halogenated alkanes) is 7. The van der Waals surface area contributed by atoms with Gasteiger partial charge < -0.3 is 15.8 Å². The predicted molar refractivity (Wildman–Crippen MR) is 118 cm³/mol. The molecule has 0 aromatic rings. The lowest BCUT2D eigenvalue weighted by Crippen LogP contribution is -2.62. The molecule has 2 unspecified atom stereocenters. The Bertz CT molecular complexity index is 590. The molecule has 2 aliphatic carbocycles. The number of hydrogen-bond donors (Lipinski definition) is 2. The first kappa shape index (κ1) is 23.5. The SMILES string of the molecule is CCCCCCCCCCN1C(=O)C2(CCCCC2C(N)=O)N(O)C12CCCCC2. The molecule has 30 heavy (non-hydrogen) atoms. The van der Waals surface area contributed by atoms with Gasteiger partial charge in [0.1, 0.15) is 11.2 Å². The number of carbonyl (C=O) groups is 2. The minimum Gasteiger partial charge on any atom is -0.369 e. The van der Waals surface area contributed by atoms with Crippen molar-refractivity contribution in [1.82, 2.24) is 9.96 Å². The van der Waals surface area contributed by atoms with Crippen molar-refractivity contribution in [3.05, 3.63) is 0 Å². The molecule has 0 aromatic heterocycles. The third kappa shape index (κ3) is 4.27. The van der Waals surface area contributed by atoms with Crippen molar-refractivity contribution in [2.24, 2.45) is 11.7 Å². The van der Waals surface area contributed by atoms with Gasteiger partial charge in [0.05, 0.1) is 5.92 Å². The molecule has 1 saturated heterocycles. The van der Waals surface area contributed by atoms with Crippen LogP contribution in [0.4, 0.5) is 0 Å². The maximum atomic E-state index is 13.8. The van der Waals surface area contributed by atoms with E-state index in [-0.39, 0.29) is 5.91 Å². The van der Waals surface area contributed by atoms with Crippen molar-refractivity contribution in [3.8, 4) is 0 Å². The van der Waals surface area contributed by atoms with E-state index in [1.54, 1.807) is 0 Å². The van der Waals surface area contributed by atoms with Crippen molar-refractivity contribution in [3.63, 3.8) is 0 Å². The lowest BCUT2D eigenvalue weighted by Gasteiger charge is -2.47. The van der Waals surface area contributed by atoms with Crippen LogP contribution in [0.15, 0.2) is 0 Å². The van der Waals surface area contributed by atoms with E-state index in [0.717, 1.165) is 57.8 Å². The second-order valence-electron chi connectivity index (χ2n) is 9.91. The first-order valence-corrected chi connectivity index (χ1v) is 12.6. The van der Waals surface area contributed by atoms with Gasteiger partial charge in [-0.25, -0.2) is 0 Å². The van der Waals surface area contributed by atoms with E-state index >= 15 is 0 Å². The average molecular weight is 422 g/mol. The van der Waals surface area contributed by atoms with Gasteiger partial charge in [-0.3, -0.25) is 9.59 Å². The fraction of sp³-hybridized carbons (Fsp3) is 0.917. The van der Waals surface area contributed by atoms with Gasteiger partial charge in [0, 0.05) is 6.54 Å². The zero-order chi connectivity index (χ0) is 21.6. The molecule has 3 rings (SSSR count). The van der Waals surface area contributed by atoms with Gasteiger partial charge in [-0.1, -0.05) is 71.1 Å². The van der Waals surface area contributed by atoms with Crippen LogP contribution in [0.5, 0.6) is 0 Å². The van der Waals surface area contributed by atoms with Crippen LogP contribution in [0.3, 0.4) is 0 Å². The van der Waals surface area contributed by atoms with Crippen molar-refractivity contribution < 1.29 is 14.8 Å². The highest BCUT2D eigenvalue weighted by atomic mass is 16.5. The summed E-state index contributed by atoms with van der Waals surface area (Å²) in [5, 5.41) is 12.9. The van der Waals surface area contributed by atoms with E-state index in [2.05, 4.69) is 6.92 Å². The van der Waals surface area contributed by atoms with E-state index in [1.807, 2.05) is 4.90 Å². The summed E-state index contributed by atoms with van der Waals surface area (Å²) in [6, 6.07) is 0. The van der Waals surface area contributed by atoms with Crippen LogP contribution in [0, 0.1) is 5.92 Å². The molecule has 2 atom stereocenters. The Hall–Kier alpha value is -1.14. The van der Waals surface area contributed by atoms with Crippen LogP contribution in [0.25, 0.3) is 0 Å². The highest BCUT2D eigenvalue weighted by Crippen LogP contribution is 2.52. The highest BCUT2D eigenvalue weighted by molar-refractivity contribution is 5.95. The Kier molecular flexibility index (Phi) is 8.19. The third-order valence-electron chi connectivity index (χ3n) is 8.00. The van der Waals surface area contributed by atoms with Crippen molar-refractivity contribution in [2.45, 2.75) is 127 Å². The maximum absolute atomic E-state index is 13.8. The standard InChI is InChI=1S/C24H43N3O3/c1-2-3-4-5-6-7-8-14-19-26-22(29)24(18-13-10-15-20(24)21(25)28)27(30)23(26)16-11-9-12-17-23/h20,30H,2-19H2,1H3,(H2,25,28). The normalized spacial score (nSPS) is 29.2. The number of hydrogen-bond acceptors (Lipinski definition) is 4. The lowest BCUT2D eigenvalue weighted by atomic mass is 9.71.